The monoisotopic (exact) mass is 524 g/mol. The van der Waals surface area contributed by atoms with Crippen LogP contribution in [0.2, 0.25) is 0 Å². The molecule has 3 aromatic carbocycles. The molecule has 0 fully saturated rings. The Morgan fingerprint density at radius 3 is 2.32 bits per heavy atom. The van der Waals surface area contributed by atoms with E-state index in [4.69, 9.17) is 15.2 Å². The molecule has 0 aliphatic heterocycles. The predicted molar refractivity (Wildman–Crippen MR) is 137 cm³/mol. The number of unbranched alkanes of at least 4 members (excludes halogenated alkanes) is 1. The first-order chi connectivity index (χ1) is 16.4. The summed E-state index contributed by atoms with van der Waals surface area (Å²) in [6, 6.07) is 21.5. The average Bonchev–Trinajstić information content (AvgIpc) is 2.84. The largest absolute Gasteiger partial charge is 0.514 e. The smallest absolute Gasteiger partial charge is 0.429 e. The zero-order valence-electron chi connectivity index (χ0n) is 19.1. The van der Waals surface area contributed by atoms with E-state index in [0.29, 0.717) is 12.2 Å². The quantitative estimate of drug-likeness (QED) is 0.250. The minimum Gasteiger partial charge on any atom is -0.429 e. The van der Waals surface area contributed by atoms with Gasteiger partial charge in [-0.25, -0.2) is 4.79 Å². The van der Waals surface area contributed by atoms with E-state index in [1.165, 1.54) is 5.56 Å². The van der Waals surface area contributed by atoms with Crippen molar-refractivity contribution in [2.24, 2.45) is 5.73 Å². The second-order valence-corrected chi connectivity index (χ2v) is 8.83. The molecule has 0 bridgehead atoms. The Labute approximate surface area is 208 Å². The lowest BCUT2D eigenvalue weighted by molar-refractivity contribution is -0.117. The van der Waals surface area contributed by atoms with Gasteiger partial charge in [0.25, 0.3) is 0 Å². The fraction of sp³-hybridized carbons (Fsp3) is 0.259. The van der Waals surface area contributed by atoms with Crippen LogP contribution in [0.25, 0.3) is 0 Å². The van der Waals surface area contributed by atoms with Gasteiger partial charge >= 0.3 is 6.16 Å². The van der Waals surface area contributed by atoms with Crippen LogP contribution in [0, 0.1) is 0 Å². The average molecular weight is 525 g/mol. The summed E-state index contributed by atoms with van der Waals surface area (Å²) in [4.78, 5) is 24.4. The van der Waals surface area contributed by atoms with Gasteiger partial charge in [-0.2, -0.15) is 0 Å². The van der Waals surface area contributed by atoms with Crippen LogP contribution in [0.15, 0.2) is 77.3 Å². The van der Waals surface area contributed by atoms with Crippen molar-refractivity contribution in [2.45, 2.75) is 45.3 Å². The molecule has 0 aliphatic carbocycles. The third-order valence-corrected chi connectivity index (χ3v) is 6.03. The van der Waals surface area contributed by atoms with Gasteiger partial charge < -0.3 is 20.5 Å². The number of nitrogens with one attached hydrogen (secondary N) is 1. The Bertz CT molecular complexity index is 1080. The molecule has 34 heavy (non-hydrogen) atoms. The van der Waals surface area contributed by atoms with E-state index in [-0.39, 0.29) is 12.5 Å². The van der Waals surface area contributed by atoms with Gasteiger partial charge in [0.05, 0.1) is 6.04 Å². The summed E-state index contributed by atoms with van der Waals surface area (Å²) in [6.45, 7) is 2.26. The molecule has 1 atom stereocenters. The summed E-state index contributed by atoms with van der Waals surface area (Å²) >= 11 is 3.41. The molecule has 3 N–H and O–H groups in total. The van der Waals surface area contributed by atoms with Crippen molar-refractivity contribution in [3.8, 4) is 5.75 Å². The number of rotatable bonds is 10. The highest BCUT2D eigenvalue weighted by Gasteiger charge is 2.15. The topological polar surface area (TPSA) is 90.7 Å². The van der Waals surface area contributed by atoms with Crippen molar-refractivity contribution >= 4 is 33.7 Å². The van der Waals surface area contributed by atoms with E-state index in [1.54, 1.807) is 24.3 Å². The van der Waals surface area contributed by atoms with Crippen LogP contribution in [0.5, 0.6) is 5.75 Å². The highest BCUT2D eigenvalue weighted by Crippen LogP contribution is 2.18. The summed E-state index contributed by atoms with van der Waals surface area (Å²) in [5, 5.41) is 2.86. The standard InChI is InChI=1S/C27H29BrN2O4/c1-2-3-6-19-9-13-22(14-10-19)30-26(31)25(29)17-20-11-15-23(16-12-20)34-27(32)33-18-21-7-4-5-8-24(21)28/h4-5,7-16,25H,2-3,6,17-18,29H2,1H3,(H,30,31)/t25-/m0/s1. The zero-order valence-corrected chi connectivity index (χ0v) is 20.7. The number of amides is 1. The summed E-state index contributed by atoms with van der Waals surface area (Å²) in [5.41, 5.74) is 9.77. The summed E-state index contributed by atoms with van der Waals surface area (Å²) in [7, 11) is 0. The summed E-state index contributed by atoms with van der Waals surface area (Å²) in [5.74, 6) is 0.0966. The predicted octanol–water partition coefficient (Wildman–Crippen LogP) is 6.02. The molecule has 0 heterocycles. The normalized spacial score (nSPS) is 11.5. The first kappa shape index (κ1) is 25.5. The van der Waals surface area contributed by atoms with Crippen molar-refractivity contribution in [3.63, 3.8) is 0 Å². The molecule has 1 amide bonds. The number of aryl methyl sites for hydroxylation is 1. The number of hydrogen-bond acceptors (Lipinski definition) is 5. The molecule has 0 saturated carbocycles. The molecule has 6 nitrogen and oxygen atoms in total. The second-order valence-electron chi connectivity index (χ2n) is 7.98. The van der Waals surface area contributed by atoms with Crippen LogP contribution in [0.1, 0.15) is 36.5 Å². The van der Waals surface area contributed by atoms with Crippen LogP contribution >= 0.6 is 15.9 Å². The molecule has 7 heteroatoms. The third-order valence-electron chi connectivity index (χ3n) is 5.26. The molecule has 0 spiro atoms. The van der Waals surface area contributed by atoms with Crippen LogP contribution in [0.3, 0.4) is 0 Å². The maximum Gasteiger partial charge on any atom is 0.514 e. The Balaban J connectivity index is 1.45. The zero-order chi connectivity index (χ0) is 24.3. The van der Waals surface area contributed by atoms with Crippen molar-refractivity contribution < 1.29 is 19.1 Å². The van der Waals surface area contributed by atoms with Gasteiger partial charge in [0.15, 0.2) is 0 Å². The molecule has 178 valence electrons. The Hall–Kier alpha value is -3.16. The molecule has 3 rings (SSSR count). The van der Waals surface area contributed by atoms with E-state index in [2.05, 4.69) is 28.2 Å². The van der Waals surface area contributed by atoms with Gasteiger partial charge in [-0.05, 0) is 60.7 Å². The van der Waals surface area contributed by atoms with E-state index in [0.717, 1.165) is 40.5 Å². The van der Waals surface area contributed by atoms with Crippen molar-refractivity contribution in [3.05, 3.63) is 94.0 Å². The molecular formula is C27H29BrN2O4. The van der Waals surface area contributed by atoms with Gasteiger partial charge in [0, 0.05) is 15.7 Å². The number of carbonyl (C=O) groups is 2. The van der Waals surface area contributed by atoms with E-state index >= 15 is 0 Å². The fourth-order valence-corrected chi connectivity index (χ4v) is 3.69. The number of anilines is 1. The Kier molecular flexibility index (Phi) is 9.67. The number of halogens is 1. The SMILES string of the molecule is CCCCc1ccc(NC(=O)[C@@H](N)Cc2ccc(OC(=O)OCc3ccccc3Br)cc2)cc1. The lowest BCUT2D eigenvalue weighted by Gasteiger charge is -2.13. The number of nitrogens with two attached hydrogens (primary N) is 1. The minimum absolute atomic E-state index is 0.101. The lowest BCUT2D eigenvalue weighted by atomic mass is 10.1. The van der Waals surface area contributed by atoms with E-state index < -0.39 is 12.2 Å². The maximum absolute atomic E-state index is 12.5. The molecule has 0 saturated heterocycles. The van der Waals surface area contributed by atoms with Crippen molar-refractivity contribution in [2.75, 3.05) is 5.32 Å². The van der Waals surface area contributed by atoms with Crippen LogP contribution in [0.4, 0.5) is 10.5 Å². The summed E-state index contributed by atoms with van der Waals surface area (Å²) in [6.07, 6.45) is 2.89. The molecule has 0 unspecified atom stereocenters. The van der Waals surface area contributed by atoms with Crippen molar-refractivity contribution in [1.29, 1.82) is 0 Å². The first-order valence-electron chi connectivity index (χ1n) is 11.3. The molecule has 0 aliphatic rings. The molecule has 3 aromatic rings. The first-order valence-corrected chi connectivity index (χ1v) is 12.1. The van der Waals surface area contributed by atoms with Gasteiger partial charge in [-0.1, -0.05) is 71.7 Å². The highest BCUT2D eigenvalue weighted by molar-refractivity contribution is 9.10. The van der Waals surface area contributed by atoms with Gasteiger partial charge in [0.1, 0.15) is 12.4 Å². The van der Waals surface area contributed by atoms with Crippen molar-refractivity contribution in [1.82, 2.24) is 0 Å². The lowest BCUT2D eigenvalue weighted by Crippen LogP contribution is -2.37. The Morgan fingerprint density at radius 1 is 0.971 bits per heavy atom. The van der Waals surface area contributed by atoms with Crippen LogP contribution in [-0.2, 0) is 29.0 Å². The van der Waals surface area contributed by atoms with Gasteiger partial charge in [-0.3, -0.25) is 4.79 Å². The maximum atomic E-state index is 12.5. The van der Waals surface area contributed by atoms with E-state index in [9.17, 15) is 9.59 Å². The number of carbonyl (C=O) groups excluding carboxylic acids is 2. The molecule has 0 radical (unpaired) electrons. The van der Waals surface area contributed by atoms with Crippen LogP contribution in [-0.4, -0.2) is 18.1 Å². The number of benzene rings is 3. The third kappa shape index (κ3) is 8.01. The number of ether oxygens (including phenoxy) is 2. The van der Waals surface area contributed by atoms with Gasteiger partial charge in [0.2, 0.25) is 5.91 Å². The number of hydrogen-bond donors (Lipinski definition) is 2. The van der Waals surface area contributed by atoms with Crippen LogP contribution < -0.4 is 15.8 Å². The summed E-state index contributed by atoms with van der Waals surface area (Å²) < 4.78 is 11.2. The highest BCUT2D eigenvalue weighted by atomic mass is 79.9. The Morgan fingerprint density at radius 2 is 1.65 bits per heavy atom. The fourth-order valence-electron chi connectivity index (χ4n) is 3.29. The molecule has 0 aromatic heterocycles. The second kappa shape index (κ2) is 12.9. The minimum atomic E-state index is -0.791. The van der Waals surface area contributed by atoms with Gasteiger partial charge in [-0.15, -0.1) is 0 Å². The van der Waals surface area contributed by atoms with E-state index in [1.807, 2.05) is 48.5 Å². The molecular weight excluding hydrogens is 496 g/mol.